The third-order valence-corrected chi connectivity index (χ3v) is 2.04. The molecule has 6 heteroatoms. The van der Waals surface area contributed by atoms with Crippen molar-refractivity contribution in [1.82, 2.24) is 4.98 Å². The van der Waals surface area contributed by atoms with Crippen molar-refractivity contribution in [2.75, 3.05) is 0 Å². The number of hydrogen-bond acceptors (Lipinski definition) is 1. The minimum absolute atomic E-state index is 0. The Morgan fingerprint density at radius 3 is 2.29 bits per heavy atom. The maximum absolute atomic E-state index is 12.3. The van der Waals surface area contributed by atoms with Crippen LogP contribution in [0.4, 0.5) is 13.2 Å². The summed E-state index contributed by atoms with van der Waals surface area (Å²) in [7, 11) is 0. The molecule has 0 aliphatic rings. The van der Waals surface area contributed by atoms with Gasteiger partial charge in [-0.15, -0.1) is 12.4 Å². The first-order chi connectivity index (χ1) is 6.98. The largest absolute Gasteiger partial charge is 0.431 e. The quantitative estimate of drug-likeness (QED) is 0.776. The van der Waals surface area contributed by atoms with Gasteiger partial charge in [0, 0.05) is 17.0 Å². The van der Waals surface area contributed by atoms with Gasteiger partial charge in [-0.3, -0.25) is 4.79 Å². The second-order valence-corrected chi connectivity index (χ2v) is 3.09. The highest BCUT2D eigenvalue weighted by molar-refractivity contribution is 5.85. The Morgan fingerprint density at radius 1 is 1.12 bits per heavy atom. The van der Waals surface area contributed by atoms with E-state index in [-0.39, 0.29) is 30.7 Å². The van der Waals surface area contributed by atoms with Crippen LogP contribution in [0.15, 0.2) is 35.1 Å². The molecule has 0 spiro atoms. The number of alkyl halides is 3. The second-order valence-electron chi connectivity index (χ2n) is 3.09. The highest BCUT2D eigenvalue weighted by Gasteiger charge is 2.32. The molecule has 1 heterocycles. The van der Waals surface area contributed by atoms with Gasteiger partial charge in [-0.1, -0.05) is 19.6 Å². The molecule has 1 aromatic carbocycles. The van der Waals surface area contributed by atoms with Crippen LogP contribution in [0.2, 0.25) is 0 Å². The number of aromatic nitrogens is 1. The molecule has 0 fully saturated rings. The lowest BCUT2D eigenvalue weighted by Crippen LogP contribution is -2.13. The van der Waals surface area contributed by atoms with E-state index in [0.29, 0.717) is 6.07 Å². The smallest absolute Gasteiger partial charge is 0.351 e. The first kappa shape index (κ1) is 15.5. The van der Waals surface area contributed by atoms with E-state index in [9.17, 15) is 18.0 Å². The molecule has 2 aromatic rings. The van der Waals surface area contributed by atoms with Crippen LogP contribution in [0.1, 0.15) is 13.1 Å². The SMILES string of the molecule is C.Cl.O=c1cc(C(F)(F)F)[nH]c2ccccc12. The van der Waals surface area contributed by atoms with Crippen LogP contribution in [-0.4, -0.2) is 4.98 Å². The fraction of sp³-hybridized carbons (Fsp3) is 0.182. The van der Waals surface area contributed by atoms with E-state index in [1.165, 1.54) is 12.1 Å². The Bertz CT molecular complexity index is 562. The van der Waals surface area contributed by atoms with Crippen molar-refractivity contribution < 1.29 is 13.2 Å². The molecule has 0 radical (unpaired) electrons. The molecule has 0 atom stereocenters. The van der Waals surface area contributed by atoms with Gasteiger partial charge in [-0.25, -0.2) is 0 Å². The highest BCUT2D eigenvalue weighted by atomic mass is 35.5. The summed E-state index contributed by atoms with van der Waals surface area (Å²) >= 11 is 0. The highest BCUT2D eigenvalue weighted by Crippen LogP contribution is 2.27. The zero-order valence-electron chi connectivity index (χ0n) is 7.84. The molecule has 17 heavy (non-hydrogen) atoms. The summed E-state index contributed by atoms with van der Waals surface area (Å²) in [6.45, 7) is 0. The van der Waals surface area contributed by atoms with Crippen molar-refractivity contribution in [2.45, 2.75) is 13.6 Å². The van der Waals surface area contributed by atoms with E-state index in [1.807, 2.05) is 0 Å². The fourth-order valence-electron chi connectivity index (χ4n) is 1.35. The molecule has 1 N–H and O–H groups in total. The molecule has 2 nitrogen and oxygen atoms in total. The zero-order chi connectivity index (χ0) is 11.1. The molecular weight excluding hydrogens is 255 g/mol. The number of aromatic amines is 1. The van der Waals surface area contributed by atoms with Crippen LogP contribution < -0.4 is 5.43 Å². The van der Waals surface area contributed by atoms with Crippen LogP contribution in [0.25, 0.3) is 10.9 Å². The molecule has 0 aliphatic carbocycles. The Hall–Kier alpha value is -1.49. The van der Waals surface area contributed by atoms with Gasteiger partial charge in [0.2, 0.25) is 0 Å². The Kier molecular flexibility index (Phi) is 4.77. The average molecular weight is 266 g/mol. The molecule has 0 unspecified atom stereocenters. The number of hydrogen-bond donors (Lipinski definition) is 1. The second kappa shape index (κ2) is 5.23. The van der Waals surface area contributed by atoms with Gasteiger partial charge < -0.3 is 4.98 Å². The van der Waals surface area contributed by atoms with Crippen LogP contribution in [0.3, 0.4) is 0 Å². The first-order valence-corrected chi connectivity index (χ1v) is 4.18. The number of fused-ring (bicyclic) bond motifs is 1. The number of para-hydroxylation sites is 1. The monoisotopic (exact) mass is 265 g/mol. The van der Waals surface area contributed by atoms with Crippen molar-refractivity contribution in [3.05, 3.63) is 46.2 Å². The summed E-state index contributed by atoms with van der Waals surface area (Å²) in [5, 5.41) is 0.255. The molecule has 0 aliphatic heterocycles. The molecule has 0 saturated carbocycles. The molecular formula is C11H11ClF3NO. The number of halogens is 4. The maximum atomic E-state index is 12.3. The summed E-state index contributed by atoms with van der Waals surface area (Å²) in [6, 6.07) is 6.66. The van der Waals surface area contributed by atoms with Gasteiger partial charge in [-0.05, 0) is 12.1 Å². The van der Waals surface area contributed by atoms with E-state index in [1.54, 1.807) is 12.1 Å². The zero-order valence-corrected chi connectivity index (χ0v) is 8.65. The first-order valence-electron chi connectivity index (χ1n) is 4.18. The summed E-state index contributed by atoms with van der Waals surface area (Å²) in [5.74, 6) is 0. The van der Waals surface area contributed by atoms with Gasteiger partial charge in [0.1, 0.15) is 5.69 Å². The van der Waals surface area contributed by atoms with E-state index in [0.717, 1.165) is 0 Å². The molecule has 1 aromatic heterocycles. The topological polar surface area (TPSA) is 32.9 Å². The Labute approximate surface area is 102 Å². The lowest BCUT2D eigenvalue weighted by Gasteiger charge is -2.07. The van der Waals surface area contributed by atoms with Gasteiger partial charge in [0.15, 0.2) is 5.43 Å². The van der Waals surface area contributed by atoms with Crippen molar-refractivity contribution in [2.24, 2.45) is 0 Å². The predicted molar refractivity (Wildman–Crippen MR) is 63.5 cm³/mol. The number of H-pyrrole nitrogens is 1. The van der Waals surface area contributed by atoms with Gasteiger partial charge >= 0.3 is 6.18 Å². The maximum Gasteiger partial charge on any atom is 0.431 e. The minimum atomic E-state index is -4.52. The van der Waals surface area contributed by atoms with Crippen LogP contribution in [0, 0.1) is 0 Å². The summed E-state index contributed by atoms with van der Waals surface area (Å²) in [5.41, 5.74) is -1.46. The fourth-order valence-corrected chi connectivity index (χ4v) is 1.35. The normalized spacial score (nSPS) is 10.5. The number of rotatable bonds is 0. The Morgan fingerprint density at radius 2 is 1.71 bits per heavy atom. The third kappa shape index (κ3) is 3.00. The molecule has 0 saturated heterocycles. The molecule has 94 valence electrons. The van der Waals surface area contributed by atoms with Crippen molar-refractivity contribution in [3.8, 4) is 0 Å². The van der Waals surface area contributed by atoms with E-state index in [2.05, 4.69) is 4.98 Å². The third-order valence-electron chi connectivity index (χ3n) is 2.04. The molecule has 0 amide bonds. The van der Waals surface area contributed by atoms with Crippen molar-refractivity contribution in [1.29, 1.82) is 0 Å². The van der Waals surface area contributed by atoms with Crippen LogP contribution in [0.5, 0.6) is 0 Å². The van der Waals surface area contributed by atoms with Crippen LogP contribution in [-0.2, 0) is 6.18 Å². The summed E-state index contributed by atoms with van der Waals surface area (Å²) in [6.07, 6.45) is -4.52. The lowest BCUT2D eigenvalue weighted by molar-refractivity contribution is -0.141. The van der Waals surface area contributed by atoms with Gasteiger partial charge in [0.05, 0.1) is 0 Å². The van der Waals surface area contributed by atoms with E-state index in [4.69, 9.17) is 0 Å². The predicted octanol–water partition coefficient (Wildman–Crippen LogP) is 3.60. The number of benzene rings is 1. The van der Waals surface area contributed by atoms with Gasteiger partial charge in [-0.2, -0.15) is 13.2 Å². The number of pyridine rings is 1. The van der Waals surface area contributed by atoms with E-state index < -0.39 is 17.3 Å². The molecule has 2 rings (SSSR count). The minimum Gasteiger partial charge on any atom is -0.351 e. The van der Waals surface area contributed by atoms with Crippen LogP contribution >= 0.6 is 12.4 Å². The summed E-state index contributed by atoms with van der Waals surface area (Å²) < 4.78 is 37.0. The Balaban J connectivity index is 0.00000128. The summed E-state index contributed by atoms with van der Waals surface area (Å²) in [4.78, 5) is 13.5. The van der Waals surface area contributed by atoms with Crippen molar-refractivity contribution >= 4 is 23.3 Å². The number of nitrogens with one attached hydrogen (secondary N) is 1. The van der Waals surface area contributed by atoms with Gasteiger partial charge in [0.25, 0.3) is 0 Å². The standard InChI is InChI=1S/C10H6F3NO.CH4.ClH/c11-10(12,13)9-5-8(15)6-3-1-2-4-7(6)14-9;;/h1-5H,(H,14,15);1H4;1H. The molecule has 0 bridgehead atoms. The average Bonchev–Trinajstić information content (AvgIpc) is 2.16. The van der Waals surface area contributed by atoms with E-state index >= 15 is 0 Å². The lowest BCUT2D eigenvalue weighted by atomic mass is 10.2. The van der Waals surface area contributed by atoms with Crippen molar-refractivity contribution in [3.63, 3.8) is 0 Å².